The predicted octanol–water partition coefficient (Wildman–Crippen LogP) is 3.95. The van der Waals surface area contributed by atoms with Gasteiger partial charge in [0.25, 0.3) is 5.91 Å². The number of amides is 1. The fourth-order valence-electron chi connectivity index (χ4n) is 1.77. The molecule has 1 aromatic rings. The third kappa shape index (κ3) is 4.23. The lowest BCUT2D eigenvalue weighted by Gasteiger charge is -2.23. The van der Waals surface area contributed by atoms with Crippen molar-refractivity contribution in [1.82, 2.24) is 4.90 Å². The van der Waals surface area contributed by atoms with E-state index in [1.807, 2.05) is 6.92 Å². The first-order chi connectivity index (χ1) is 8.91. The minimum atomic E-state index is -4.52. The highest BCUT2D eigenvalue weighted by atomic mass is 79.9. The zero-order chi connectivity index (χ0) is 14.5. The maximum atomic E-state index is 12.9. The van der Waals surface area contributed by atoms with Crippen LogP contribution in [-0.2, 0) is 6.18 Å². The average molecular weight is 338 g/mol. The van der Waals surface area contributed by atoms with Crippen LogP contribution in [0, 0.1) is 0 Å². The van der Waals surface area contributed by atoms with E-state index >= 15 is 0 Å². The Hall–Kier alpha value is -1.04. The molecule has 1 amide bonds. The first-order valence-electron chi connectivity index (χ1n) is 5.93. The Morgan fingerprint density at radius 3 is 2.42 bits per heavy atom. The van der Waals surface area contributed by atoms with Gasteiger partial charge in [-0.1, -0.05) is 35.0 Å². The zero-order valence-corrected chi connectivity index (χ0v) is 12.1. The van der Waals surface area contributed by atoms with Gasteiger partial charge >= 0.3 is 6.18 Å². The number of benzene rings is 1. The Labute approximate surface area is 118 Å². The molecule has 0 unspecified atom stereocenters. The van der Waals surface area contributed by atoms with Crippen LogP contribution in [0.5, 0.6) is 0 Å². The van der Waals surface area contributed by atoms with E-state index < -0.39 is 17.6 Å². The van der Waals surface area contributed by atoms with E-state index in [9.17, 15) is 18.0 Å². The topological polar surface area (TPSA) is 20.3 Å². The molecule has 0 aliphatic carbocycles. The van der Waals surface area contributed by atoms with E-state index in [2.05, 4.69) is 15.9 Å². The highest BCUT2D eigenvalue weighted by molar-refractivity contribution is 9.09. The third-order valence-electron chi connectivity index (χ3n) is 2.60. The van der Waals surface area contributed by atoms with Crippen LogP contribution in [0.1, 0.15) is 29.3 Å². The first-order valence-corrected chi connectivity index (χ1v) is 7.05. The summed E-state index contributed by atoms with van der Waals surface area (Å²) in [5, 5.41) is 0.535. The number of hydrogen-bond donors (Lipinski definition) is 0. The second-order valence-corrected chi connectivity index (χ2v) is 4.82. The van der Waals surface area contributed by atoms with Crippen molar-refractivity contribution in [2.75, 3.05) is 18.4 Å². The summed E-state index contributed by atoms with van der Waals surface area (Å²) in [6, 6.07) is 4.89. The predicted molar refractivity (Wildman–Crippen MR) is 71.4 cm³/mol. The van der Waals surface area contributed by atoms with Crippen LogP contribution in [0.4, 0.5) is 13.2 Å². The summed E-state index contributed by atoms with van der Waals surface area (Å²) in [7, 11) is 0. The molecule has 0 saturated heterocycles. The zero-order valence-electron chi connectivity index (χ0n) is 10.5. The molecule has 0 aliphatic rings. The number of carbonyl (C=O) groups excluding carboxylic acids is 1. The van der Waals surface area contributed by atoms with Crippen molar-refractivity contribution < 1.29 is 18.0 Å². The number of rotatable bonds is 5. The first kappa shape index (κ1) is 16.0. The molecule has 0 aliphatic heterocycles. The minimum Gasteiger partial charge on any atom is -0.338 e. The maximum absolute atomic E-state index is 12.9. The maximum Gasteiger partial charge on any atom is 0.417 e. The van der Waals surface area contributed by atoms with Crippen molar-refractivity contribution in [2.45, 2.75) is 19.5 Å². The summed E-state index contributed by atoms with van der Waals surface area (Å²) < 4.78 is 38.6. The second kappa shape index (κ2) is 6.93. The lowest BCUT2D eigenvalue weighted by molar-refractivity contribution is -0.138. The Morgan fingerprint density at radius 1 is 1.26 bits per heavy atom. The fraction of sp³-hybridized carbons (Fsp3) is 0.462. The third-order valence-corrected chi connectivity index (χ3v) is 2.95. The van der Waals surface area contributed by atoms with Gasteiger partial charge < -0.3 is 4.90 Å². The summed E-state index contributed by atoms with van der Waals surface area (Å²) in [5.74, 6) is -0.575. The largest absolute Gasteiger partial charge is 0.417 e. The van der Waals surface area contributed by atoms with Gasteiger partial charge in [0, 0.05) is 18.4 Å². The number of alkyl halides is 4. The van der Waals surface area contributed by atoms with Gasteiger partial charge in [-0.25, -0.2) is 0 Å². The Morgan fingerprint density at radius 2 is 1.89 bits per heavy atom. The van der Waals surface area contributed by atoms with Crippen LogP contribution in [0.3, 0.4) is 0 Å². The van der Waals surface area contributed by atoms with Crippen LogP contribution in [0.15, 0.2) is 24.3 Å². The molecule has 0 bridgehead atoms. The number of halogens is 4. The summed E-state index contributed by atoms with van der Waals surface area (Å²) >= 11 is 3.20. The van der Waals surface area contributed by atoms with Gasteiger partial charge in [-0.2, -0.15) is 13.2 Å². The van der Waals surface area contributed by atoms with Crippen molar-refractivity contribution in [3.8, 4) is 0 Å². The van der Waals surface area contributed by atoms with Gasteiger partial charge in [-0.05, 0) is 18.6 Å². The number of nitrogens with zero attached hydrogens (tertiary/aromatic N) is 1. The summed E-state index contributed by atoms with van der Waals surface area (Å²) in [4.78, 5) is 13.6. The van der Waals surface area contributed by atoms with E-state index in [0.29, 0.717) is 24.8 Å². The minimum absolute atomic E-state index is 0.288. The quantitative estimate of drug-likeness (QED) is 0.745. The Kier molecular flexibility index (Phi) is 5.85. The van der Waals surface area contributed by atoms with E-state index in [1.54, 1.807) is 0 Å². The van der Waals surface area contributed by atoms with Crippen molar-refractivity contribution in [2.24, 2.45) is 0 Å². The van der Waals surface area contributed by atoms with E-state index in [0.717, 1.165) is 6.07 Å². The second-order valence-electron chi connectivity index (χ2n) is 4.02. The monoisotopic (exact) mass is 337 g/mol. The Balaban J connectivity index is 3.11. The molecule has 0 radical (unpaired) electrons. The van der Waals surface area contributed by atoms with Crippen molar-refractivity contribution in [1.29, 1.82) is 0 Å². The summed E-state index contributed by atoms with van der Waals surface area (Å²) in [6.07, 6.45) is -3.81. The summed E-state index contributed by atoms with van der Waals surface area (Å²) in [5.41, 5.74) is -1.17. The molecule has 6 heteroatoms. The smallest absolute Gasteiger partial charge is 0.338 e. The van der Waals surface area contributed by atoms with Gasteiger partial charge in [-0.15, -0.1) is 0 Å². The van der Waals surface area contributed by atoms with Crippen molar-refractivity contribution in [3.05, 3.63) is 35.4 Å². The van der Waals surface area contributed by atoms with E-state index in [1.165, 1.54) is 23.1 Å². The number of carbonyl (C=O) groups is 1. The summed E-state index contributed by atoms with van der Waals surface area (Å²) in [6.45, 7) is 2.71. The molecule has 0 fully saturated rings. The van der Waals surface area contributed by atoms with Crippen LogP contribution >= 0.6 is 15.9 Å². The molecule has 106 valence electrons. The van der Waals surface area contributed by atoms with Crippen LogP contribution in [-0.4, -0.2) is 29.2 Å². The lowest BCUT2D eigenvalue weighted by atomic mass is 10.1. The van der Waals surface area contributed by atoms with Gasteiger partial charge in [-0.3, -0.25) is 4.79 Å². The Bertz CT molecular complexity index is 428. The van der Waals surface area contributed by atoms with E-state index in [-0.39, 0.29) is 5.56 Å². The molecule has 19 heavy (non-hydrogen) atoms. The molecule has 0 heterocycles. The van der Waals surface area contributed by atoms with Gasteiger partial charge in [0.15, 0.2) is 0 Å². The molecule has 0 atom stereocenters. The lowest BCUT2D eigenvalue weighted by Crippen LogP contribution is -2.34. The van der Waals surface area contributed by atoms with Crippen LogP contribution in [0.25, 0.3) is 0 Å². The SMILES string of the molecule is CCCN(CCBr)C(=O)c1ccccc1C(F)(F)F. The van der Waals surface area contributed by atoms with Gasteiger partial charge in [0.2, 0.25) is 0 Å². The van der Waals surface area contributed by atoms with E-state index in [4.69, 9.17) is 0 Å². The molecular weight excluding hydrogens is 323 g/mol. The molecule has 0 N–H and O–H groups in total. The van der Waals surface area contributed by atoms with Gasteiger partial charge in [0.1, 0.15) is 0 Å². The average Bonchev–Trinajstić information content (AvgIpc) is 2.37. The van der Waals surface area contributed by atoms with Crippen LogP contribution in [0.2, 0.25) is 0 Å². The standard InChI is InChI=1S/C13H15BrF3NO/c1-2-8-18(9-7-14)12(19)10-5-3-4-6-11(10)13(15,16)17/h3-6H,2,7-9H2,1H3. The molecule has 1 aromatic carbocycles. The molecule has 1 rings (SSSR count). The van der Waals surface area contributed by atoms with Crippen molar-refractivity contribution >= 4 is 21.8 Å². The molecule has 0 spiro atoms. The van der Waals surface area contributed by atoms with Gasteiger partial charge in [0.05, 0.1) is 11.1 Å². The highest BCUT2D eigenvalue weighted by Gasteiger charge is 2.35. The number of hydrogen-bond acceptors (Lipinski definition) is 1. The molecule has 0 aromatic heterocycles. The molecule has 2 nitrogen and oxygen atoms in total. The normalized spacial score (nSPS) is 11.4. The highest BCUT2D eigenvalue weighted by Crippen LogP contribution is 2.32. The van der Waals surface area contributed by atoms with Crippen LogP contribution < -0.4 is 0 Å². The fourth-order valence-corrected chi connectivity index (χ4v) is 2.20. The molecule has 0 saturated carbocycles. The van der Waals surface area contributed by atoms with Crippen molar-refractivity contribution in [3.63, 3.8) is 0 Å². The molecular formula is C13H15BrF3NO.